The lowest BCUT2D eigenvalue weighted by molar-refractivity contribution is -0.142. The second kappa shape index (κ2) is 7.06. The number of aromatic nitrogens is 2. The van der Waals surface area contributed by atoms with Gasteiger partial charge >= 0.3 is 0 Å². The van der Waals surface area contributed by atoms with Gasteiger partial charge in [-0.1, -0.05) is 25.9 Å². The average molecular weight is 277 g/mol. The minimum Gasteiger partial charge on any atom is -0.336 e. The highest BCUT2D eigenvalue weighted by atomic mass is 32.7. The van der Waals surface area contributed by atoms with E-state index in [2.05, 4.69) is 10.1 Å². The topological polar surface area (TPSA) is 68.5 Å². The van der Waals surface area contributed by atoms with Crippen molar-refractivity contribution < 1.29 is 13.9 Å². The van der Waals surface area contributed by atoms with Gasteiger partial charge in [-0.15, -0.1) is 0 Å². The summed E-state index contributed by atoms with van der Waals surface area (Å²) in [6, 6.07) is 0. The van der Waals surface area contributed by atoms with Crippen molar-refractivity contribution in [3.63, 3.8) is 0 Å². The molecule has 0 bridgehead atoms. The smallest absolute Gasteiger partial charge is 0.257 e. The molecule has 0 aliphatic heterocycles. The third-order valence-corrected chi connectivity index (χ3v) is 3.72. The summed E-state index contributed by atoms with van der Waals surface area (Å²) < 4.78 is 15.9. The number of hydroxylamine groups is 2. The number of hydrogen-bond acceptors (Lipinski definition) is 7. The molecule has 1 aromatic rings. The van der Waals surface area contributed by atoms with E-state index in [-0.39, 0.29) is 19.0 Å². The molecular weight excluding hydrogens is 261 g/mol. The van der Waals surface area contributed by atoms with Crippen LogP contribution < -0.4 is 0 Å². The second-order valence-corrected chi connectivity index (χ2v) is 5.48. The van der Waals surface area contributed by atoms with Crippen LogP contribution in [0.2, 0.25) is 0 Å². The molecule has 0 N–H and O–H groups in total. The molecule has 8 heteroatoms. The minimum absolute atomic E-state index is 0.0590. The summed E-state index contributed by atoms with van der Waals surface area (Å²) in [4.78, 5) is 9.46. The van der Waals surface area contributed by atoms with E-state index in [0.29, 0.717) is 18.3 Å². The van der Waals surface area contributed by atoms with Gasteiger partial charge < -0.3 is 9.36 Å². The molecule has 0 aromatic carbocycles. The van der Waals surface area contributed by atoms with Gasteiger partial charge in [-0.3, -0.25) is 4.57 Å². The Kier molecular flexibility index (Phi) is 6.05. The van der Waals surface area contributed by atoms with Crippen LogP contribution in [0, 0.1) is 0 Å². The Balaban J connectivity index is 2.91. The first-order valence-corrected chi connectivity index (χ1v) is 7.56. The van der Waals surface area contributed by atoms with E-state index in [9.17, 15) is 4.57 Å². The molecule has 1 aromatic heterocycles. The molecule has 17 heavy (non-hydrogen) atoms. The Hall–Kier alpha value is -0.490. The molecule has 0 saturated carbocycles. The monoisotopic (exact) mass is 277 g/mol. The lowest BCUT2D eigenvalue weighted by Gasteiger charge is -2.22. The maximum Gasteiger partial charge on any atom is 0.257 e. The van der Waals surface area contributed by atoms with Crippen LogP contribution in [-0.4, -0.2) is 28.9 Å². The highest BCUT2D eigenvalue weighted by molar-refractivity contribution is 8.45. The summed E-state index contributed by atoms with van der Waals surface area (Å²) in [7, 11) is 1.50. The second-order valence-electron chi connectivity index (χ2n) is 3.59. The molecule has 0 aliphatic rings. The van der Waals surface area contributed by atoms with Crippen LogP contribution in [0.25, 0.3) is 0 Å². The van der Waals surface area contributed by atoms with Crippen molar-refractivity contribution in [3.8, 4) is 0 Å². The van der Waals surface area contributed by atoms with Crippen LogP contribution in [0.15, 0.2) is 4.52 Å². The zero-order chi connectivity index (χ0) is 12.8. The molecule has 0 radical (unpaired) electrons. The van der Waals surface area contributed by atoms with E-state index >= 15 is 0 Å². The quantitative estimate of drug-likeness (QED) is 0.431. The first-order valence-electron chi connectivity index (χ1n) is 5.26. The van der Waals surface area contributed by atoms with Crippen molar-refractivity contribution in [1.29, 1.82) is 0 Å². The van der Waals surface area contributed by atoms with Crippen LogP contribution in [0.3, 0.4) is 0 Å². The van der Waals surface area contributed by atoms with Crippen molar-refractivity contribution in [2.24, 2.45) is 0 Å². The zero-order valence-electron chi connectivity index (χ0n) is 10.3. The summed E-state index contributed by atoms with van der Waals surface area (Å²) in [6.07, 6.45) is 0. The SMILES string of the molecule is CCN(OC)C(SP=O)c1nc(C(C)C)no1. The summed E-state index contributed by atoms with van der Waals surface area (Å²) in [5.41, 5.74) is 0. The molecule has 0 fully saturated rings. The fraction of sp³-hybridized carbons (Fsp3) is 0.778. The Bertz CT molecular complexity index is 357. The van der Waals surface area contributed by atoms with Gasteiger partial charge in [-0.25, -0.2) is 0 Å². The van der Waals surface area contributed by atoms with Crippen molar-refractivity contribution in [2.75, 3.05) is 13.7 Å². The van der Waals surface area contributed by atoms with E-state index < -0.39 is 0 Å². The number of hydrogen-bond donors (Lipinski definition) is 0. The lowest BCUT2D eigenvalue weighted by Crippen LogP contribution is -2.25. The zero-order valence-corrected chi connectivity index (χ0v) is 12.0. The summed E-state index contributed by atoms with van der Waals surface area (Å²) in [5.74, 6) is 1.24. The van der Waals surface area contributed by atoms with Gasteiger partial charge in [0, 0.05) is 12.5 Å². The van der Waals surface area contributed by atoms with Crippen LogP contribution >= 0.6 is 19.0 Å². The van der Waals surface area contributed by atoms with E-state index in [1.54, 1.807) is 12.2 Å². The third kappa shape index (κ3) is 3.74. The van der Waals surface area contributed by atoms with E-state index in [4.69, 9.17) is 9.36 Å². The molecule has 0 amide bonds. The van der Waals surface area contributed by atoms with Gasteiger partial charge in [0.05, 0.1) is 7.11 Å². The van der Waals surface area contributed by atoms with Crippen LogP contribution in [-0.2, 0) is 9.40 Å². The molecule has 1 atom stereocenters. The van der Waals surface area contributed by atoms with Gasteiger partial charge in [-0.2, -0.15) is 10.0 Å². The number of nitrogens with zero attached hydrogens (tertiary/aromatic N) is 3. The Morgan fingerprint density at radius 2 is 2.29 bits per heavy atom. The van der Waals surface area contributed by atoms with Gasteiger partial charge in [-0.05, 0) is 11.4 Å². The van der Waals surface area contributed by atoms with E-state index in [1.165, 1.54) is 0 Å². The molecule has 1 heterocycles. The fourth-order valence-corrected chi connectivity index (χ4v) is 2.67. The van der Waals surface area contributed by atoms with Gasteiger partial charge in [0.15, 0.2) is 11.2 Å². The average Bonchev–Trinajstić information content (AvgIpc) is 2.78. The van der Waals surface area contributed by atoms with Crippen molar-refractivity contribution >= 4 is 19.0 Å². The Morgan fingerprint density at radius 3 is 2.71 bits per heavy atom. The van der Waals surface area contributed by atoms with Crippen LogP contribution in [0.5, 0.6) is 0 Å². The minimum atomic E-state index is -0.357. The van der Waals surface area contributed by atoms with Crippen LogP contribution in [0.4, 0.5) is 0 Å². The molecular formula is C9H16N3O3PS. The van der Waals surface area contributed by atoms with Crippen molar-refractivity contribution in [3.05, 3.63) is 11.7 Å². The van der Waals surface area contributed by atoms with E-state index in [0.717, 1.165) is 11.4 Å². The maximum absolute atomic E-state index is 10.8. The summed E-state index contributed by atoms with van der Waals surface area (Å²) >= 11 is 1.13. The van der Waals surface area contributed by atoms with Gasteiger partial charge in [0.1, 0.15) is 0 Å². The molecule has 0 saturated heterocycles. The van der Waals surface area contributed by atoms with Crippen molar-refractivity contribution in [2.45, 2.75) is 32.1 Å². The number of rotatable bonds is 7. The molecule has 0 aliphatic carbocycles. The fourth-order valence-electron chi connectivity index (χ4n) is 1.23. The highest BCUT2D eigenvalue weighted by Gasteiger charge is 2.27. The largest absolute Gasteiger partial charge is 0.336 e. The summed E-state index contributed by atoms with van der Waals surface area (Å²) in [5, 5.41) is 5.16. The first kappa shape index (κ1) is 14.6. The standard InChI is InChI=1S/C9H16N3O3PS/c1-5-12(14-4)9(17-16-13)8-10-7(6(2)3)11-15-8/h6,9H,5H2,1-4H3. The molecule has 0 spiro atoms. The Labute approximate surface area is 106 Å². The maximum atomic E-state index is 10.8. The third-order valence-electron chi connectivity index (χ3n) is 2.14. The summed E-state index contributed by atoms with van der Waals surface area (Å²) in [6.45, 7) is 6.52. The van der Waals surface area contributed by atoms with Crippen LogP contribution in [0.1, 0.15) is 43.8 Å². The van der Waals surface area contributed by atoms with E-state index in [1.807, 2.05) is 20.8 Å². The molecule has 1 unspecified atom stereocenters. The lowest BCUT2D eigenvalue weighted by atomic mass is 10.2. The Morgan fingerprint density at radius 1 is 1.59 bits per heavy atom. The van der Waals surface area contributed by atoms with Gasteiger partial charge in [0.2, 0.25) is 7.66 Å². The predicted molar refractivity (Wildman–Crippen MR) is 65.7 cm³/mol. The molecule has 96 valence electrons. The predicted octanol–water partition coefficient (Wildman–Crippen LogP) is 3.01. The van der Waals surface area contributed by atoms with Gasteiger partial charge in [0.25, 0.3) is 5.89 Å². The normalized spacial score (nSPS) is 13.8. The molecule has 1 rings (SSSR count). The highest BCUT2D eigenvalue weighted by Crippen LogP contribution is 2.38. The van der Waals surface area contributed by atoms with Crippen molar-refractivity contribution in [1.82, 2.24) is 15.2 Å². The first-order chi connectivity index (χ1) is 8.13. The molecule has 6 nitrogen and oxygen atoms in total.